The number of carbonyl (C=O) groups excluding carboxylic acids is 3. The van der Waals surface area contributed by atoms with Gasteiger partial charge in [-0.05, 0) is 31.6 Å². The molecule has 1 spiro atoms. The number of urea groups is 1. The Bertz CT molecular complexity index is 489. The number of nitrogens with zero attached hydrogens (tertiary/aromatic N) is 1. The molecular formula is C15H25ClN4O3. The SMILES string of the molecule is Cl.NCC(NC(=O)CN1C(=O)NC2(CCCCC2)C1=O)C1CC1. The number of imide groups is 1. The maximum absolute atomic E-state index is 12.6. The lowest BCUT2D eigenvalue weighted by Gasteiger charge is -2.30. The van der Waals surface area contributed by atoms with Crippen molar-refractivity contribution in [2.75, 3.05) is 13.1 Å². The fraction of sp³-hybridized carbons (Fsp3) is 0.800. The van der Waals surface area contributed by atoms with Gasteiger partial charge in [0.1, 0.15) is 12.1 Å². The summed E-state index contributed by atoms with van der Waals surface area (Å²) >= 11 is 0. The molecule has 23 heavy (non-hydrogen) atoms. The minimum atomic E-state index is -0.765. The highest BCUT2D eigenvalue weighted by atomic mass is 35.5. The van der Waals surface area contributed by atoms with Crippen molar-refractivity contribution in [1.29, 1.82) is 0 Å². The second-order valence-electron chi connectivity index (χ2n) is 6.71. The van der Waals surface area contributed by atoms with Crippen molar-refractivity contribution in [3.63, 3.8) is 0 Å². The molecule has 130 valence electrons. The summed E-state index contributed by atoms with van der Waals surface area (Å²) in [6, 6.07) is -0.491. The van der Waals surface area contributed by atoms with Gasteiger partial charge in [0.25, 0.3) is 5.91 Å². The summed E-state index contributed by atoms with van der Waals surface area (Å²) in [6.45, 7) is 0.177. The van der Waals surface area contributed by atoms with Crippen LogP contribution in [-0.4, -0.2) is 47.4 Å². The second-order valence-corrected chi connectivity index (χ2v) is 6.71. The van der Waals surface area contributed by atoms with Crippen LogP contribution in [0.1, 0.15) is 44.9 Å². The van der Waals surface area contributed by atoms with Crippen molar-refractivity contribution in [2.24, 2.45) is 11.7 Å². The first-order chi connectivity index (χ1) is 10.6. The number of carbonyl (C=O) groups is 3. The Morgan fingerprint density at radius 3 is 2.52 bits per heavy atom. The molecule has 4 amide bonds. The molecule has 1 heterocycles. The van der Waals surface area contributed by atoms with Gasteiger partial charge in [-0.25, -0.2) is 4.79 Å². The number of rotatable bonds is 5. The normalized spacial score (nSPS) is 24.1. The van der Waals surface area contributed by atoms with Gasteiger partial charge in [0.15, 0.2) is 0 Å². The van der Waals surface area contributed by atoms with Crippen LogP contribution in [-0.2, 0) is 9.59 Å². The second kappa shape index (κ2) is 7.05. The molecular weight excluding hydrogens is 320 g/mol. The first kappa shape index (κ1) is 18.0. The van der Waals surface area contributed by atoms with E-state index in [0.29, 0.717) is 25.3 Å². The Balaban J connectivity index is 0.00000192. The summed E-state index contributed by atoms with van der Waals surface area (Å²) in [5.41, 5.74) is 4.90. The zero-order valence-electron chi connectivity index (χ0n) is 13.2. The van der Waals surface area contributed by atoms with E-state index in [-0.39, 0.29) is 36.8 Å². The Labute approximate surface area is 142 Å². The summed E-state index contributed by atoms with van der Waals surface area (Å²) in [5.74, 6) is -0.108. The predicted molar refractivity (Wildman–Crippen MR) is 87.0 cm³/mol. The standard InChI is InChI=1S/C15H24N4O3.ClH/c16-8-11(10-4-5-10)17-12(20)9-19-13(21)15(18-14(19)22)6-2-1-3-7-15;/h10-11H,1-9,16H2,(H,17,20)(H,18,22);1H. The molecule has 0 aromatic heterocycles. The van der Waals surface area contributed by atoms with Gasteiger partial charge in [-0.15, -0.1) is 12.4 Å². The highest BCUT2D eigenvalue weighted by Gasteiger charge is 2.51. The van der Waals surface area contributed by atoms with Gasteiger partial charge >= 0.3 is 6.03 Å². The van der Waals surface area contributed by atoms with E-state index in [9.17, 15) is 14.4 Å². The van der Waals surface area contributed by atoms with Gasteiger partial charge in [0, 0.05) is 12.6 Å². The monoisotopic (exact) mass is 344 g/mol. The average Bonchev–Trinajstić information content (AvgIpc) is 3.32. The zero-order valence-corrected chi connectivity index (χ0v) is 14.0. The van der Waals surface area contributed by atoms with E-state index in [0.717, 1.165) is 37.0 Å². The molecule has 0 bridgehead atoms. The summed E-state index contributed by atoms with van der Waals surface area (Å²) < 4.78 is 0. The Kier molecular flexibility index (Phi) is 5.52. The number of hydrogen-bond acceptors (Lipinski definition) is 4. The van der Waals surface area contributed by atoms with Crippen LogP contribution in [0.3, 0.4) is 0 Å². The van der Waals surface area contributed by atoms with Crippen molar-refractivity contribution in [2.45, 2.75) is 56.5 Å². The maximum Gasteiger partial charge on any atom is 0.325 e. The molecule has 3 fully saturated rings. The van der Waals surface area contributed by atoms with Gasteiger partial charge < -0.3 is 16.4 Å². The minimum absolute atomic E-state index is 0. The molecule has 3 aliphatic rings. The molecule has 1 aliphatic heterocycles. The third kappa shape index (κ3) is 3.61. The lowest BCUT2D eigenvalue weighted by Crippen LogP contribution is -2.50. The third-order valence-corrected chi connectivity index (χ3v) is 5.05. The summed E-state index contributed by atoms with van der Waals surface area (Å²) in [5, 5.41) is 5.66. The lowest BCUT2D eigenvalue weighted by molar-refractivity contribution is -0.136. The van der Waals surface area contributed by atoms with E-state index < -0.39 is 11.6 Å². The summed E-state index contributed by atoms with van der Waals surface area (Å²) in [6.07, 6.45) is 6.45. The largest absolute Gasteiger partial charge is 0.350 e. The van der Waals surface area contributed by atoms with Gasteiger partial charge in [0.2, 0.25) is 5.91 Å². The molecule has 7 nitrogen and oxygen atoms in total. The van der Waals surface area contributed by atoms with Crippen LogP contribution in [0.2, 0.25) is 0 Å². The first-order valence-corrected chi connectivity index (χ1v) is 8.19. The van der Waals surface area contributed by atoms with Crippen LogP contribution in [0, 0.1) is 5.92 Å². The molecule has 0 radical (unpaired) electrons. The number of hydrogen-bond donors (Lipinski definition) is 3. The Hall–Kier alpha value is -1.34. The Morgan fingerprint density at radius 1 is 1.30 bits per heavy atom. The van der Waals surface area contributed by atoms with Crippen LogP contribution >= 0.6 is 12.4 Å². The zero-order chi connectivity index (χ0) is 15.7. The van der Waals surface area contributed by atoms with Gasteiger partial charge in [-0.3, -0.25) is 14.5 Å². The molecule has 4 N–H and O–H groups in total. The third-order valence-electron chi connectivity index (χ3n) is 5.05. The number of nitrogens with two attached hydrogens (primary N) is 1. The quantitative estimate of drug-likeness (QED) is 0.632. The van der Waals surface area contributed by atoms with E-state index in [1.54, 1.807) is 0 Å². The molecule has 3 rings (SSSR count). The predicted octanol–water partition coefficient (Wildman–Crippen LogP) is 0.516. The highest BCUT2D eigenvalue weighted by molar-refractivity contribution is 6.09. The molecule has 0 aromatic carbocycles. The van der Waals surface area contributed by atoms with Crippen molar-refractivity contribution in [3.8, 4) is 0 Å². The van der Waals surface area contributed by atoms with Crippen molar-refractivity contribution < 1.29 is 14.4 Å². The fourth-order valence-electron chi connectivity index (χ4n) is 3.58. The van der Waals surface area contributed by atoms with Gasteiger partial charge in [0.05, 0.1) is 0 Å². The summed E-state index contributed by atoms with van der Waals surface area (Å²) in [7, 11) is 0. The maximum atomic E-state index is 12.6. The van der Waals surface area contributed by atoms with Crippen LogP contribution in [0.25, 0.3) is 0 Å². The molecule has 1 unspecified atom stereocenters. The smallest absolute Gasteiger partial charge is 0.325 e. The topological polar surface area (TPSA) is 105 Å². The number of halogens is 1. The molecule has 1 atom stereocenters. The molecule has 1 saturated heterocycles. The van der Waals surface area contributed by atoms with Gasteiger partial charge in [-0.2, -0.15) is 0 Å². The van der Waals surface area contributed by atoms with Crippen LogP contribution < -0.4 is 16.4 Å². The molecule has 2 saturated carbocycles. The Morgan fingerprint density at radius 2 is 1.96 bits per heavy atom. The molecule has 0 aromatic rings. The van der Waals surface area contributed by atoms with Crippen LogP contribution in [0.4, 0.5) is 4.79 Å². The van der Waals surface area contributed by atoms with Crippen LogP contribution in [0.5, 0.6) is 0 Å². The van der Waals surface area contributed by atoms with E-state index in [4.69, 9.17) is 5.73 Å². The summed E-state index contributed by atoms with van der Waals surface area (Å²) in [4.78, 5) is 37.8. The number of nitrogens with one attached hydrogen (secondary N) is 2. The number of amides is 4. The van der Waals surface area contributed by atoms with Crippen molar-refractivity contribution in [1.82, 2.24) is 15.5 Å². The van der Waals surface area contributed by atoms with E-state index in [1.807, 2.05) is 0 Å². The molecule has 2 aliphatic carbocycles. The van der Waals surface area contributed by atoms with Crippen LogP contribution in [0.15, 0.2) is 0 Å². The average molecular weight is 345 g/mol. The molecule has 8 heteroatoms. The lowest BCUT2D eigenvalue weighted by atomic mass is 9.82. The van der Waals surface area contributed by atoms with E-state index in [2.05, 4.69) is 10.6 Å². The van der Waals surface area contributed by atoms with Gasteiger partial charge in [-0.1, -0.05) is 19.3 Å². The van der Waals surface area contributed by atoms with Crippen molar-refractivity contribution >= 4 is 30.3 Å². The van der Waals surface area contributed by atoms with E-state index in [1.165, 1.54) is 0 Å². The minimum Gasteiger partial charge on any atom is -0.350 e. The highest BCUT2D eigenvalue weighted by Crippen LogP contribution is 2.34. The van der Waals surface area contributed by atoms with Crippen molar-refractivity contribution in [3.05, 3.63) is 0 Å². The van der Waals surface area contributed by atoms with E-state index >= 15 is 0 Å². The first-order valence-electron chi connectivity index (χ1n) is 8.19. The fourth-order valence-corrected chi connectivity index (χ4v) is 3.58.